The number of hydrogen-bond acceptors (Lipinski definition) is 2. The molecule has 0 amide bonds. The Hall–Kier alpha value is -3.14. The van der Waals surface area contributed by atoms with E-state index in [1.165, 1.54) is 0 Å². The van der Waals surface area contributed by atoms with Crippen molar-refractivity contribution in [3.8, 4) is 22.8 Å². The third-order valence-corrected chi connectivity index (χ3v) is 3.63. The molecule has 0 aliphatic carbocycles. The second kappa shape index (κ2) is 5.00. The molecule has 4 rings (SSSR count). The summed E-state index contributed by atoms with van der Waals surface area (Å²) < 4.78 is 3.53. The molecule has 4 heteroatoms. The summed E-state index contributed by atoms with van der Waals surface area (Å²) in [7, 11) is 0. The minimum Gasteiger partial charge on any atom is -0.319 e. The van der Waals surface area contributed by atoms with Crippen LogP contribution in [0.4, 0.5) is 0 Å². The van der Waals surface area contributed by atoms with Gasteiger partial charge >= 0.3 is 0 Å². The maximum Gasteiger partial charge on any atom is 0.282 e. The van der Waals surface area contributed by atoms with Gasteiger partial charge in [-0.25, -0.2) is 4.98 Å². The standard InChI is InChI=1S/C18H13N3O/c22-18-17(14-7-3-1-4-8-14)19-16-13-20(11-12-21(16)18)15-9-5-2-6-10-15/h1-13H. The summed E-state index contributed by atoms with van der Waals surface area (Å²) in [5.74, 6) is 0.634. The number of para-hydroxylation sites is 1. The minimum atomic E-state index is -0.0959. The van der Waals surface area contributed by atoms with Crippen LogP contribution in [-0.4, -0.2) is 14.1 Å². The fraction of sp³-hybridized carbons (Fsp3) is 0. The van der Waals surface area contributed by atoms with Gasteiger partial charge in [0.15, 0.2) is 5.82 Å². The Morgan fingerprint density at radius 3 is 2.23 bits per heavy atom. The maximum absolute atomic E-state index is 12.5. The van der Waals surface area contributed by atoms with Crippen LogP contribution in [0.25, 0.3) is 22.8 Å². The van der Waals surface area contributed by atoms with Crippen LogP contribution in [0.1, 0.15) is 0 Å². The number of imidazole rings is 1. The lowest BCUT2D eigenvalue weighted by molar-refractivity contribution is 0.909. The summed E-state index contributed by atoms with van der Waals surface area (Å²) in [6.45, 7) is 0. The Morgan fingerprint density at radius 2 is 1.50 bits per heavy atom. The first kappa shape index (κ1) is 12.6. The number of benzene rings is 2. The van der Waals surface area contributed by atoms with Gasteiger partial charge in [0.25, 0.3) is 5.56 Å². The van der Waals surface area contributed by atoms with E-state index in [1.54, 1.807) is 10.8 Å². The highest BCUT2D eigenvalue weighted by atomic mass is 16.1. The number of aromatic nitrogens is 3. The molecular formula is C18H13N3O. The number of rotatable bonds is 2. The molecule has 22 heavy (non-hydrogen) atoms. The van der Waals surface area contributed by atoms with Crippen molar-refractivity contribution in [3.63, 3.8) is 0 Å². The SMILES string of the molecule is O=c1c(-c2ccccc2)nc2cn(-c3ccccc3)ccn1-2. The molecule has 0 atom stereocenters. The average Bonchev–Trinajstić information content (AvgIpc) is 2.93. The highest BCUT2D eigenvalue weighted by molar-refractivity contribution is 5.60. The molecule has 4 nitrogen and oxygen atoms in total. The molecule has 2 aromatic rings. The summed E-state index contributed by atoms with van der Waals surface area (Å²) >= 11 is 0. The molecule has 106 valence electrons. The number of hydrogen-bond donors (Lipinski definition) is 0. The second-order valence-corrected chi connectivity index (χ2v) is 5.03. The highest BCUT2D eigenvalue weighted by Crippen LogP contribution is 2.17. The Morgan fingerprint density at radius 1 is 0.818 bits per heavy atom. The first-order valence-electron chi connectivity index (χ1n) is 7.04. The van der Waals surface area contributed by atoms with E-state index < -0.39 is 0 Å². The maximum atomic E-state index is 12.5. The second-order valence-electron chi connectivity index (χ2n) is 5.03. The van der Waals surface area contributed by atoms with Crippen molar-refractivity contribution in [2.45, 2.75) is 0 Å². The van der Waals surface area contributed by atoms with Gasteiger partial charge < -0.3 is 4.57 Å². The van der Waals surface area contributed by atoms with Crippen LogP contribution in [0, 0.1) is 0 Å². The topological polar surface area (TPSA) is 39.8 Å². The van der Waals surface area contributed by atoms with Crippen molar-refractivity contribution in [1.82, 2.24) is 14.1 Å². The van der Waals surface area contributed by atoms with E-state index >= 15 is 0 Å². The van der Waals surface area contributed by atoms with Crippen LogP contribution in [0.5, 0.6) is 0 Å². The predicted octanol–water partition coefficient (Wildman–Crippen LogP) is 3.13. The molecule has 0 unspecified atom stereocenters. The van der Waals surface area contributed by atoms with Crippen molar-refractivity contribution in [3.05, 3.63) is 89.6 Å². The number of fused-ring (bicyclic) bond motifs is 1. The minimum absolute atomic E-state index is 0.0959. The average molecular weight is 287 g/mol. The van der Waals surface area contributed by atoms with Crippen LogP contribution in [0.2, 0.25) is 0 Å². The first-order chi connectivity index (χ1) is 10.8. The van der Waals surface area contributed by atoms with Crippen LogP contribution in [0.15, 0.2) is 84.0 Å². The van der Waals surface area contributed by atoms with E-state index in [4.69, 9.17) is 0 Å². The van der Waals surface area contributed by atoms with E-state index in [-0.39, 0.29) is 5.56 Å². The molecule has 0 saturated carbocycles. The number of nitrogens with zero attached hydrogens (tertiary/aromatic N) is 3. The largest absolute Gasteiger partial charge is 0.319 e. The fourth-order valence-corrected chi connectivity index (χ4v) is 2.52. The van der Waals surface area contributed by atoms with E-state index in [1.807, 2.05) is 77.6 Å². The van der Waals surface area contributed by atoms with Crippen molar-refractivity contribution in [2.75, 3.05) is 0 Å². The molecule has 0 N–H and O–H groups in total. The van der Waals surface area contributed by atoms with Crippen LogP contribution in [0.3, 0.4) is 0 Å². The molecule has 2 aliphatic rings. The van der Waals surface area contributed by atoms with Gasteiger partial charge in [-0.2, -0.15) is 0 Å². The summed E-state index contributed by atoms with van der Waals surface area (Å²) in [6.07, 6.45) is 5.48. The van der Waals surface area contributed by atoms with Crippen molar-refractivity contribution < 1.29 is 0 Å². The van der Waals surface area contributed by atoms with Gasteiger partial charge in [-0.1, -0.05) is 48.5 Å². The molecule has 0 saturated heterocycles. The normalized spacial score (nSPS) is 10.9. The van der Waals surface area contributed by atoms with Crippen LogP contribution >= 0.6 is 0 Å². The zero-order valence-electron chi connectivity index (χ0n) is 11.8. The van der Waals surface area contributed by atoms with Gasteiger partial charge in [0.2, 0.25) is 0 Å². The molecule has 0 bridgehead atoms. The van der Waals surface area contributed by atoms with Crippen LogP contribution in [-0.2, 0) is 0 Å². The lowest BCUT2D eigenvalue weighted by atomic mass is 10.2. The fourth-order valence-electron chi connectivity index (χ4n) is 2.52. The lowest BCUT2D eigenvalue weighted by Crippen LogP contribution is -2.14. The van der Waals surface area contributed by atoms with Gasteiger partial charge in [-0.05, 0) is 12.1 Å². The zero-order valence-corrected chi connectivity index (χ0v) is 11.8. The van der Waals surface area contributed by atoms with Gasteiger partial charge in [-0.15, -0.1) is 0 Å². The van der Waals surface area contributed by atoms with E-state index in [0.29, 0.717) is 11.5 Å². The molecule has 0 aromatic heterocycles. The molecule has 2 heterocycles. The Labute approximate surface area is 127 Å². The third kappa shape index (κ3) is 2.02. The van der Waals surface area contributed by atoms with Crippen molar-refractivity contribution in [2.24, 2.45) is 0 Å². The summed E-state index contributed by atoms with van der Waals surface area (Å²) in [5, 5.41) is 0. The van der Waals surface area contributed by atoms with Gasteiger partial charge in [0.1, 0.15) is 5.69 Å². The van der Waals surface area contributed by atoms with Crippen molar-refractivity contribution >= 4 is 0 Å². The molecular weight excluding hydrogens is 274 g/mol. The van der Waals surface area contributed by atoms with Gasteiger partial charge in [0, 0.05) is 23.6 Å². The Kier molecular flexibility index (Phi) is 2.86. The quantitative estimate of drug-likeness (QED) is 0.568. The summed E-state index contributed by atoms with van der Waals surface area (Å²) in [4.78, 5) is 17.0. The third-order valence-electron chi connectivity index (χ3n) is 3.63. The highest BCUT2D eigenvalue weighted by Gasteiger charge is 2.15. The zero-order chi connectivity index (χ0) is 14.9. The monoisotopic (exact) mass is 287 g/mol. The van der Waals surface area contributed by atoms with Crippen molar-refractivity contribution in [1.29, 1.82) is 0 Å². The van der Waals surface area contributed by atoms with Gasteiger partial charge in [-0.3, -0.25) is 9.36 Å². The molecule has 2 aliphatic heterocycles. The van der Waals surface area contributed by atoms with E-state index in [2.05, 4.69) is 4.98 Å². The van der Waals surface area contributed by atoms with Gasteiger partial charge in [0.05, 0.1) is 6.20 Å². The molecule has 0 fully saturated rings. The Balaban J connectivity index is 1.89. The van der Waals surface area contributed by atoms with E-state index in [0.717, 1.165) is 11.3 Å². The Bertz CT molecular complexity index is 939. The summed E-state index contributed by atoms with van der Waals surface area (Å²) in [6, 6.07) is 19.5. The predicted molar refractivity (Wildman–Crippen MR) is 85.8 cm³/mol. The molecule has 2 aromatic carbocycles. The van der Waals surface area contributed by atoms with E-state index in [9.17, 15) is 4.79 Å². The lowest BCUT2D eigenvalue weighted by Gasteiger charge is -2.08. The molecule has 0 radical (unpaired) electrons. The first-order valence-corrected chi connectivity index (χ1v) is 7.04. The summed E-state index contributed by atoms with van der Waals surface area (Å²) in [5.41, 5.74) is 2.25. The van der Waals surface area contributed by atoms with Crippen LogP contribution < -0.4 is 5.56 Å². The molecule has 0 spiro atoms. The smallest absolute Gasteiger partial charge is 0.282 e.